The Morgan fingerprint density at radius 1 is 1.19 bits per heavy atom. The largest absolute Gasteiger partial charge is 0.467 e. The highest BCUT2D eigenvalue weighted by Gasteiger charge is 2.51. The number of amides is 1. The number of nitrogens with one attached hydrogen (secondary N) is 2. The molecule has 1 saturated heterocycles. The van der Waals surface area contributed by atoms with Crippen LogP contribution in [0.3, 0.4) is 0 Å². The van der Waals surface area contributed by atoms with Crippen molar-refractivity contribution in [1.29, 1.82) is 0 Å². The SMILES string of the molecule is CN[C@@H]1C(O)[C@@H](O[C@@H]2[C@@H](O)[C@H](OC3OC(CN)=CC[C@H]3N)[C@@H](N)C[C@H]2NC(=O)[C@@H](O)CN)OC[C@]1(C)O. The minimum Gasteiger partial charge on any atom is -0.467 e. The summed E-state index contributed by atoms with van der Waals surface area (Å²) in [5.74, 6) is -0.292. The summed E-state index contributed by atoms with van der Waals surface area (Å²) in [6.07, 6.45) is -6.49. The first kappa shape index (κ1) is 30.1. The van der Waals surface area contributed by atoms with Gasteiger partial charge in [0.15, 0.2) is 6.29 Å². The average Bonchev–Trinajstić information content (AvgIpc) is 2.85. The van der Waals surface area contributed by atoms with Crippen LogP contribution in [0.15, 0.2) is 11.8 Å². The maximum Gasteiger partial charge on any atom is 0.250 e. The van der Waals surface area contributed by atoms with Crippen LogP contribution in [-0.2, 0) is 23.7 Å². The highest BCUT2D eigenvalue weighted by Crippen LogP contribution is 2.32. The molecule has 2 fully saturated rings. The van der Waals surface area contributed by atoms with E-state index in [2.05, 4.69) is 10.6 Å². The number of carbonyl (C=O) groups is 1. The van der Waals surface area contributed by atoms with Crippen molar-refractivity contribution < 1.29 is 44.2 Å². The molecule has 0 aromatic heterocycles. The van der Waals surface area contributed by atoms with Crippen molar-refractivity contribution in [2.75, 3.05) is 26.7 Å². The highest BCUT2D eigenvalue weighted by atomic mass is 16.7. The number of hydrogen-bond acceptors (Lipinski definition) is 14. The lowest BCUT2D eigenvalue weighted by atomic mass is 9.83. The molecule has 0 bridgehead atoms. The van der Waals surface area contributed by atoms with Crippen molar-refractivity contribution >= 4 is 5.91 Å². The monoisotopic (exact) mass is 534 g/mol. The Morgan fingerprint density at radius 2 is 1.86 bits per heavy atom. The van der Waals surface area contributed by atoms with Gasteiger partial charge in [-0.2, -0.15) is 0 Å². The van der Waals surface area contributed by atoms with Crippen molar-refractivity contribution in [3.8, 4) is 0 Å². The summed E-state index contributed by atoms with van der Waals surface area (Å²) in [5, 5.41) is 48.0. The third-order valence-corrected chi connectivity index (χ3v) is 7.03. The van der Waals surface area contributed by atoms with Crippen molar-refractivity contribution in [1.82, 2.24) is 10.6 Å². The molecule has 1 amide bonds. The molecule has 0 radical (unpaired) electrons. The zero-order valence-electron chi connectivity index (χ0n) is 21.1. The van der Waals surface area contributed by atoms with E-state index in [1.54, 1.807) is 13.1 Å². The molecule has 1 saturated carbocycles. The van der Waals surface area contributed by atoms with Crippen molar-refractivity contribution in [3.05, 3.63) is 11.8 Å². The van der Waals surface area contributed by atoms with Crippen LogP contribution < -0.4 is 33.6 Å². The van der Waals surface area contributed by atoms with Crippen LogP contribution >= 0.6 is 0 Å². The summed E-state index contributed by atoms with van der Waals surface area (Å²) in [6, 6.07) is -3.08. The van der Waals surface area contributed by atoms with Crippen molar-refractivity contribution in [3.63, 3.8) is 0 Å². The van der Waals surface area contributed by atoms with Gasteiger partial charge in [-0.1, -0.05) is 0 Å². The number of rotatable bonds is 9. The van der Waals surface area contributed by atoms with Crippen LogP contribution in [-0.4, -0.2) is 126 Å². The quantitative estimate of drug-likeness (QED) is 0.132. The number of aliphatic hydroxyl groups is 4. The molecule has 12 atom stereocenters. The zero-order valence-corrected chi connectivity index (χ0v) is 21.1. The molecule has 0 aromatic carbocycles. The zero-order chi connectivity index (χ0) is 27.5. The van der Waals surface area contributed by atoms with Gasteiger partial charge >= 0.3 is 0 Å². The van der Waals surface area contributed by atoms with Gasteiger partial charge < -0.3 is 72.9 Å². The molecule has 1 aliphatic carbocycles. The molecule has 15 nitrogen and oxygen atoms in total. The first-order valence-corrected chi connectivity index (χ1v) is 12.4. The second kappa shape index (κ2) is 12.6. The van der Waals surface area contributed by atoms with Gasteiger partial charge in [0, 0.05) is 12.6 Å². The van der Waals surface area contributed by atoms with Crippen LogP contribution in [0.5, 0.6) is 0 Å². The summed E-state index contributed by atoms with van der Waals surface area (Å²) < 4.78 is 23.3. The van der Waals surface area contributed by atoms with Gasteiger partial charge in [0.25, 0.3) is 0 Å². The van der Waals surface area contributed by atoms with Gasteiger partial charge in [0.1, 0.15) is 41.9 Å². The first-order valence-electron chi connectivity index (χ1n) is 12.4. The van der Waals surface area contributed by atoms with Crippen LogP contribution in [0.1, 0.15) is 19.8 Å². The minimum absolute atomic E-state index is 0.0625. The molecule has 2 aliphatic heterocycles. The molecule has 15 heteroatoms. The maximum absolute atomic E-state index is 12.4. The van der Waals surface area contributed by atoms with Gasteiger partial charge in [0.2, 0.25) is 12.2 Å². The molecule has 3 aliphatic rings. The van der Waals surface area contributed by atoms with E-state index >= 15 is 0 Å². The van der Waals surface area contributed by atoms with Gasteiger partial charge in [-0.05, 0) is 32.9 Å². The van der Waals surface area contributed by atoms with E-state index in [0.29, 0.717) is 12.2 Å². The maximum atomic E-state index is 12.4. The lowest BCUT2D eigenvalue weighted by Gasteiger charge is -2.48. The summed E-state index contributed by atoms with van der Waals surface area (Å²) in [7, 11) is 1.57. The fourth-order valence-electron chi connectivity index (χ4n) is 4.92. The Kier molecular flexibility index (Phi) is 10.2. The Bertz CT molecular complexity index is 805. The van der Waals surface area contributed by atoms with Gasteiger partial charge in [-0.3, -0.25) is 4.79 Å². The fourth-order valence-corrected chi connectivity index (χ4v) is 4.92. The van der Waals surface area contributed by atoms with Crippen LogP contribution in [0.25, 0.3) is 0 Å². The molecule has 2 unspecified atom stereocenters. The number of hydrogen-bond donors (Lipinski definition) is 10. The summed E-state index contributed by atoms with van der Waals surface area (Å²) in [6.45, 7) is 1.15. The average molecular weight is 535 g/mol. The summed E-state index contributed by atoms with van der Waals surface area (Å²) in [5.41, 5.74) is 22.1. The number of nitrogens with two attached hydrogens (primary N) is 4. The first-order chi connectivity index (χ1) is 17.4. The predicted octanol–water partition coefficient (Wildman–Crippen LogP) is -5.37. The molecular formula is C22H42N6O9. The Labute approximate surface area is 215 Å². The molecule has 0 spiro atoms. The van der Waals surface area contributed by atoms with E-state index in [9.17, 15) is 25.2 Å². The molecular weight excluding hydrogens is 492 g/mol. The molecule has 37 heavy (non-hydrogen) atoms. The number of carbonyl (C=O) groups excluding carboxylic acids is 1. The smallest absolute Gasteiger partial charge is 0.250 e. The molecule has 0 aromatic rings. The molecule has 2 heterocycles. The van der Waals surface area contributed by atoms with E-state index in [-0.39, 0.29) is 26.1 Å². The topological polar surface area (TPSA) is 263 Å². The van der Waals surface area contributed by atoms with E-state index in [0.717, 1.165) is 0 Å². The third kappa shape index (κ3) is 6.76. The van der Waals surface area contributed by atoms with Gasteiger partial charge in [0.05, 0.1) is 31.3 Å². The standard InChI is InChI=1S/C22H42N6O9/c1-22(33)8-34-21(15(31)18(22)27-2)37-17-12(28-19(32)13(29)7-24)5-11(26)16(14(17)30)36-20-10(25)4-3-9(6-23)35-20/h3,10-18,20-21,27,29-31,33H,4-8,23-26H2,1-2H3,(H,28,32)/t10-,11+,12-,13+,14+,15?,16-,17+,18-,20?,21-,22+/m1/s1. The summed E-state index contributed by atoms with van der Waals surface area (Å²) >= 11 is 0. The van der Waals surface area contributed by atoms with Crippen LogP contribution in [0, 0.1) is 0 Å². The Hall–Kier alpha value is -1.47. The lowest BCUT2D eigenvalue weighted by Crippen LogP contribution is -2.69. The minimum atomic E-state index is -1.49. The number of likely N-dealkylation sites (N-methyl/N-ethyl adjacent to an activating group) is 1. The Morgan fingerprint density at radius 3 is 2.49 bits per heavy atom. The fraction of sp³-hybridized carbons (Fsp3) is 0.864. The van der Waals surface area contributed by atoms with Crippen molar-refractivity contribution in [2.45, 2.75) is 92.6 Å². The molecule has 14 N–H and O–H groups in total. The molecule has 214 valence electrons. The third-order valence-electron chi connectivity index (χ3n) is 7.03. The van der Waals surface area contributed by atoms with E-state index in [1.807, 2.05) is 0 Å². The van der Waals surface area contributed by atoms with Gasteiger partial charge in [-0.15, -0.1) is 0 Å². The van der Waals surface area contributed by atoms with E-state index in [1.165, 1.54) is 6.92 Å². The number of ether oxygens (including phenoxy) is 4. The van der Waals surface area contributed by atoms with Crippen LogP contribution in [0.4, 0.5) is 0 Å². The normalized spacial score (nSPS) is 43.5. The molecule has 3 rings (SSSR count). The highest BCUT2D eigenvalue weighted by molar-refractivity contribution is 5.81. The van der Waals surface area contributed by atoms with Gasteiger partial charge in [-0.25, -0.2) is 0 Å². The second-order valence-corrected chi connectivity index (χ2v) is 10.0. The Balaban J connectivity index is 1.82. The van der Waals surface area contributed by atoms with Crippen molar-refractivity contribution in [2.24, 2.45) is 22.9 Å². The second-order valence-electron chi connectivity index (χ2n) is 10.0. The number of aliphatic hydroxyl groups excluding tert-OH is 3. The van der Waals surface area contributed by atoms with Crippen LogP contribution in [0.2, 0.25) is 0 Å². The van der Waals surface area contributed by atoms with E-state index in [4.69, 9.17) is 41.9 Å². The lowest BCUT2D eigenvalue weighted by molar-refractivity contribution is -0.304. The summed E-state index contributed by atoms with van der Waals surface area (Å²) in [4.78, 5) is 12.4. The predicted molar refractivity (Wildman–Crippen MR) is 129 cm³/mol. The van der Waals surface area contributed by atoms with E-state index < -0.39 is 78.8 Å².